The maximum Gasteiger partial charge on any atom is 0.251 e. The summed E-state index contributed by atoms with van der Waals surface area (Å²) in [6.07, 6.45) is 0. The van der Waals surface area contributed by atoms with E-state index in [1.54, 1.807) is 12.1 Å². The number of carbonyl (C=O) groups is 1. The highest BCUT2D eigenvalue weighted by molar-refractivity contribution is 6.32. The Balaban J connectivity index is 1.68. The Hall–Kier alpha value is -2.28. The number of ether oxygens (including phenoxy) is 3. The molecular formula is C22H27ClN2O4. The average Bonchev–Trinajstić information content (AvgIpc) is 2.75. The molecule has 0 spiro atoms. The second kappa shape index (κ2) is 10.5. The highest BCUT2D eigenvalue weighted by atomic mass is 35.5. The van der Waals surface area contributed by atoms with Gasteiger partial charge in [0.05, 0.1) is 32.0 Å². The van der Waals surface area contributed by atoms with Crippen molar-refractivity contribution in [3.63, 3.8) is 0 Å². The molecule has 0 aromatic heterocycles. The molecule has 1 saturated heterocycles. The summed E-state index contributed by atoms with van der Waals surface area (Å²) in [5, 5.41) is 3.34. The van der Waals surface area contributed by atoms with Crippen molar-refractivity contribution in [1.82, 2.24) is 10.2 Å². The van der Waals surface area contributed by atoms with Crippen LogP contribution in [0.1, 0.15) is 28.4 Å². The van der Waals surface area contributed by atoms with Crippen molar-refractivity contribution in [2.24, 2.45) is 0 Å². The average molecular weight is 419 g/mol. The predicted octanol–water partition coefficient (Wildman–Crippen LogP) is 3.51. The van der Waals surface area contributed by atoms with E-state index in [0.29, 0.717) is 35.2 Å². The van der Waals surface area contributed by atoms with Crippen molar-refractivity contribution >= 4 is 17.5 Å². The molecule has 156 valence electrons. The van der Waals surface area contributed by atoms with Gasteiger partial charge in [-0.2, -0.15) is 0 Å². The third-order valence-electron chi connectivity index (χ3n) is 4.84. The summed E-state index contributed by atoms with van der Waals surface area (Å²) in [5.41, 5.74) is 2.73. The molecule has 2 aromatic rings. The summed E-state index contributed by atoms with van der Waals surface area (Å²) in [6.45, 7) is 6.98. The Kier molecular flexibility index (Phi) is 7.75. The number of nitrogens with one attached hydrogen (secondary N) is 1. The van der Waals surface area contributed by atoms with Crippen molar-refractivity contribution in [2.45, 2.75) is 20.0 Å². The van der Waals surface area contributed by atoms with Gasteiger partial charge in [-0.3, -0.25) is 9.69 Å². The highest BCUT2D eigenvalue weighted by Gasteiger charge is 2.17. The van der Waals surface area contributed by atoms with Gasteiger partial charge in [0.25, 0.3) is 5.91 Å². The number of amides is 1. The van der Waals surface area contributed by atoms with E-state index in [1.807, 2.05) is 25.1 Å². The second-order valence-electron chi connectivity index (χ2n) is 6.76. The lowest BCUT2D eigenvalue weighted by Crippen LogP contribution is -2.36. The lowest BCUT2D eigenvalue weighted by atomic mass is 10.1. The van der Waals surface area contributed by atoms with E-state index in [1.165, 1.54) is 12.7 Å². The van der Waals surface area contributed by atoms with Crippen LogP contribution in [0.15, 0.2) is 36.4 Å². The summed E-state index contributed by atoms with van der Waals surface area (Å²) in [7, 11) is 1.53. The first-order valence-corrected chi connectivity index (χ1v) is 10.2. The zero-order chi connectivity index (χ0) is 20.6. The fourth-order valence-corrected chi connectivity index (χ4v) is 3.56. The van der Waals surface area contributed by atoms with Gasteiger partial charge in [-0.1, -0.05) is 35.9 Å². The first-order valence-electron chi connectivity index (χ1n) is 9.77. The number of hydrogen-bond acceptors (Lipinski definition) is 5. The minimum Gasteiger partial charge on any atom is -0.493 e. The number of rotatable bonds is 8. The van der Waals surface area contributed by atoms with Gasteiger partial charge in [-0.25, -0.2) is 0 Å². The topological polar surface area (TPSA) is 60.0 Å². The molecule has 1 amide bonds. The Morgan fingerprint density at radius 1 is 1.21 bits per heavy atom. The standard InChI is InChI=1S/C22H27ClN2O4/c1-3-29-21-19(23)12-18(13-20(21)27-2)22(26)24-14-16-6-4-5-7-17(16)15-25-8-10-28-11-9-25/h4-7,12-13H,3,8-11,14-15H2,1-2H3,(H,24,26). The van der Waals surface area contributed by atoms with Gasteiger partial charge in [0.1, 0.15) is 0 Å². The first kappa shape index (κ1) is 21.4. The van der Waals surface area contributed by atoms with Crippen LogP contribution in [0, 0.1) is 0 Å². The molecule has 0 aliphatic carbocycles. The van der Waals surface area contributed by atoms with Gasteiger partial charge >= 0.3 is 0 Å². The summed E-state index contributed by atoms with van der Waals surface area (Å²) in [5.74, 6) is 0.677. The van der Waals surface area contributed by atoms with Gasteiger partial charge in [-0.15, -0.1) is 0 Å². The molecule has 0 unspecified atom stereocenters. The first-order chi connectivity index (χ1) is 14.1. The van der Waals surface area contributed by atoms with E-state index >= 15 is 0 Å². The Bertz CT molecular complexity index is 838. The third-order valence-corrected chi connectivity index (χ3v) is 5.12. The minimum absolute atomic E-state index is 0.213. The van der Waals surface area contributed by atoms with E-state index in [-0.39, 0.29) is 5.91 Å². The van der Waals surface area contributed by atoms with E-state index in [0.717, 1.165) is 38.4 Å². The minimum atomic E-state index is -0.213. The molecule has 1 heterocycles. The van der Waals surface area contributed by atoms with Crippen LogP contribution in [0.4, 0.5) is 0 Å². The molecule has 1 aliphatic heterocycles. The van der Waals surface area contributed by atoms with E-state index in [9.17, 15) is 4.79 Å². The van der Waals surface area contributed by atoms with Crippen LogP contribution in [0.5, 0.6) is 11.5 Å². The van der Waals surface area contributed by atoms with Crippen molar-refractivity contribution in [3.8, 4) is 11.5 Å². The lowest BCUT2D eigenvalue weighted by Gasteiger charge is -2.27. The van der Waals surface area contributed by atoms with Crippen LogP contribution in [-0.4, -0.2) is 50.8 Å². The zero-order valence-electron chi connectivity index (χ0n) is 16.9. The fourth-order valence-electron chi connectivity index (χ4n) is 3.30. The van der Waals surface area contributed by atoms with Crippen LogP contribution in [0.3, 0.4) is 0 Å². The van der Waals surface area contributed by atoms with E-state index < -0.39 is 0 Å². The molecule has 1 N–H and O–H groups in total. The Morgan fingerprint density at radius 3 is 2.62 bits per heavy atom. The zero-order valence-corrected chi connectivity index (χ0v) is 17.6. The van der Waals surface area contributed by atoms with Crippen molar-refractivity contribution in [2.75, 3.05) is 40.0 Å². The smallest absolute Gasteiger partial charge is 0.251 e. The summed E-state index contributed by atoms with van der Waals surface area (Å²) >= 11 is 6.29. The van der Waals surface area contributed by atoms with E-state index in [2.05, 4.69) is 16.3 Å². The van der Waals surface area contributed by atoms with Gasteiger partial charge in [0, 0.05) is 31.7 Å². The number of methoxy groups -OCH3 is 1. The maximum absolute atomic E-state index is 12.7. The molecule has 0 saturated carbocycles. The number of hydrogen-bond donors (Lipinski definition) is 1. The maximum atomic E-state index is 12.7. The fraction of sp³-hybridized carbons (Fsp3) is 0.409. The van der Waals surface area contributed by atoms with Crippen LogP contribution >= 0.6 is 11.6 Å². The molecule has 29 heavy (non-hydrogen) atoms. The van der Waals surface area contributed by atoms with E-state index in [4.69, 9.17) is 25.8 Å². The SMILES string of the molecule is CCOc1c(Cl)cc(C(=O)NCc2ccccc2CN2CCOCC2)cc1OC. The molecule has 6 nitrogen and oxygen atoms in total. The van der Waals surface area contributed by atoms with Crippen molar-refractivity contribution in [3.05, 3.63) is 58.1 Å². The summed E-state index contributed by atoms with van der Waals surface area (Å²) in [4.78, 5) is 15.1. The van der Waals surface area contributed by atoms with Crippen molar-refractivity contribution < 1.29 is 19.0 Å². The van der Waals surface area contributed by atoms with Gasteiger partial charge in [0.15, 0.2) is 11.5 Å². The Labute approximate surface area is 176 Å². The van der Waals surface area contributed by atoms with Gasteiger partial charge < -0.3 is 19.5 Å². The monoisotopic (exact) mass is 418 g/mol. The molecule has 2 aromatic carbocycles. The number of benzene rings is 2. The molecule has 0 bridgehead atoms. The van der Waals surface area contributed by atoms with Crippen LogP contribution in [0.25, 0.3) is 0 Å². The highest BCUT2D eigenvalue weighted by Crippen LogP contribution is 2.36. The van der Waals surface area contributed by atoms with Crippen molar-refractivity contribution in [1.29, 1.82) is 0 Å². The molecule has 0 radical (unpaired) electrons. The second-order valence-corrected chi connectivity index (χ2v) is 7.17. The number of halogens is 1. The largest absolute Gasteiger partial charge is 0.493 e. The quantitative estimate of drug-likeness (QED) is 0.710. The Morgan fingerprint density at radius 2 is 1.93 bits per heavy atom. The molecule has 7 heteroatoms. The number of morpholine rings is 1. The molecular weight excluding hydrogens is 392 g/mol. The van der Waals surface area contributed by atoms with Gasteiger partial charge in [0.2, 0.25) is 0 Å². The summed E-state index contributed by atoms with van der Waals surface area (Å²) < 4.78 is 16.3. The summed E-state index contributed by atoms with van der Waals surface area (Å²) in [6, 6.07) is 11.4. The molecule has 0 atom stereocenters. The normalized spacial score (nSPS) is 14.4. The lowest BCUT2D eigenvalue weighted by molar-refractivity contribution is 0.0340. The molecule has 1 fully saturated rings. The van der Waals surface area contributed by atoms with Crippen LogP contribution in [-0.2, 0) is 17.8 Å². The third kappa shape index (κ3) is 5.63. The number of nitrogens with zero attached hydrogens (tertiary/aromatic N) is 1. The van der Waals surface area contributed by atoms with Gasteiger partial charge in [-0.05, 0) is 30.2 Å². The molecule has 1 aliphatic rings. The van der Waals surface area contributed by atoms with Crippen LogP contribution < -0.4 is 14.8 Å². The number of carbonyl (C=O) groups excluding carboxylic acids is 1. The van der Waals surface area contributed by atoms with Crippen LogP contribution in [0.2, 0.25) is 5.02 Å². The predicted molar refractivity (Wildman–Crippen MR) is 113 cm³/mol. The molecule has 3 rings (SSSR count).